The fraction of sp³-hybridized carbons (Fsp3) is 0.875. The summed E-state index contributed by atoms with van der Waals surface area (Å²) in [6, 6.07) is 1.90. The minimum atomic E-state index is -0.208. The lowest BCUT2D eigenvalue weighted by atomic mass is 9.85. The fourth-order valence-electron chi connectivity index (χ4n) is 1.60. The van der Waals surface area contributed by atoms with Crippen molar-refractivity contribution in [3.8, 4) is 6.07 Å². The molecule has 0 amide bonds. The number of nitrogens with two attached hydrogens (primary N) is 1. The molecule has 0 saturated heterocycles. The number of nitriles is 1. The summed E-state index contributed by atoms with van der Waals surface area (Å²) >= 11 is 0. The van der Waals surface area contributed by atoms with Crippen LogP contribution in [0.2, 0.25) is 0 Å². The highest BCUT2D eigenvalue weighted by Gasteiger charge is 2.19. The summed E-state index contributed by atoms with van der Waals surface area (Å²) in [6.07, 6.45) is 6.18. The van der Waals surface area contributed by atoms with Crippen LogP contribution in [-0.2, 0) is 0 Å². The summed E-state index contributed by atoms with van der Waals surface area (Å²) in [5.74, 6) is 0.485. The maximum atomic E-state index is 8.51. The molecule has 1 atom stereocenters. The second-order valence-electron chi connectivity index (χ2n) is 3.05. The fourth-order valence-corrected chi connectivity index (χ4v) is 1.60. The lowest BCUT2D eigenvalue weighted by molar-refractivity contribution is 0.336. The lowest BCUT2D eigenvalue weighted by Gasteiger charge is -2.22. The van der Waals surface area contributed by atoms with E-state index in [0.717, 1.165) is 12.8 Å². The third kappa shape index (κ3) is 1.71. The topological polar surface area (TPSA) is 49.8 Å². The van der Waals surface area contributed by atoms with Crippen LogP contribution in [0, 0.1) is 17.2 Å². The molecule has 1 aliphatic rings. The monoisotopic (exact) mass is 138 g/mol. The van der Waals surface area contributed by atoms with Crippen LogP contribution >= 0.6 is 0 Å². The Morgan fingerprint density at radius 3 is 2.40 bits per heavy atom. The van der Waals surface area contributed by atoms with Crippen molar-refractivity contribution in [2.45, 2.75) is 38.1 Å². The molecule has 0 bridgehead atoms. The highest BCUT2D eigenvalue weighted by atomic mass is 14.6. The Balaban J connectivity index is 2.33. The number of hydrogen-bond acceptors (Lipinski definition) is 2. The van der Waals surface area contributed by atoms with Gasteiger partial charge in [-0.25, -0.2) is 0 Å². The summed E-state index contributed by atoms with van der Waals surface area (Å²) in [4.78, 5) is 0. The third-order valence-electron chi connectivity index (χ3n) is 2.31. The molecule has 2 nitrogen and oxygen atoms in total. The second kappa shape index (κ2) is 3.58. The van der Waals surface area contributed by atoms with Gasteiger partial charge in [-0.15, -0.1) is 0 Å². The summed E-state index contributed by atoms with van der Waals surface area (Å²) in [6.45, 7) is 0. The van der Waals surface area contributed by atoms with Crippen LogP contribution in [0.3, 0.4) is 0 Å². The normalized spacial score (nSPS) is 23.6. The van der Waals surface area contributed by atoms with E-state index >= 15 is 0 Å². The van der Waals surface area contributed by atoms with Gasteiger partial charge in [-0.3, -0.25) is 0 Å². The maximum Gasteiger partial charge on any atom is 0.0956 e. The van der Waals surface area contributed by atoms with Gasteiger partial charge in [-0.2, -0.15) is 5.26 Å². The molecule has 2 heteroatoms. The summed E-state index contributed by atoms with van der Waals surface area (Å²) in [7, 11) is 0. The summed E-state index contributed by atoms with van der Waals surface area (Å²) in [5, 5.41) is 8.51. The number of rotatable bonds is 1. The Bertz CT molecular complexity index is 131. The van der Waals surface area contributed by atoms with Crippen LogP contribution in [0.1, 0.15) is 32.1 Å². The quantitative estimate of drug-likeness (QED) is 0.595. The molecule has 0 aromatic carbocycles. The molecule has 0 spiro atoms. The van der Waals surface area contributed by atoms with E-state index in [0.29, 0.717) is 5.92 Å². The van der Waals surface area contributed by atoms with Gasteiger partial charge in [0.05, 0.1) is 12.1 Å². The first-order valence-corrected chi connectivity index (χ1v) is 4.00. The van der Waals surface area contributed by atoms with Crippen LogP contribution in [0.4, 0.5) is 0 Å². The Morgan fingerprint density at radius 1 is 1.30 bits per heavy atom. The molecule has 0 radical (unpaired) electrons. The van der Waals surface area contributed by atoms with Crippen molar-refractivity contribution in [2.75, 3.05) is 0 Å². The predicted octanol–water partition coefficient (Wildman–Crippen LogP) is 1.42. The maximum absolute atomic E-state index is 8.51. The Labute approximate surface area is 62.0 Å². The van der Waals surface area contributed by atoms with Gasteiger partial charge in [0.25, 0.3) is 0 Å². The molecular weight excluding hydrogens is 124 g/mol. The molecule has 0 aromatic heterocycles. The average Bonchev–Trinajstić information content (AvgIpc) is 2.05. The van der Waals surface area contributed by atoms with E-state index in [-0.39, 0.29) is 6.04 Å². The van der Waals surface area contributed by atoms with Crippen molar-refractivity contribution < 1.29 is 0 Å². The van der Waals surface area contributed by atoms with Gasteiger partial charge in [0.1, 0.15) is 0 Å². The highest BCUT2D eigenvalue weighted by molar-refractivity contribution is 4.92. The third-order valence-corrected chi connectivity index (χ3v) is 2.31. The largest absolute Gasteiger partial charge is 0.316 e. The zero-order valence-corrected chi connectivity index (χ0v) is 6.21. The highest BCUT2D eigenvalue weighted by Crippen LogP contribution is 2.25. The summed E-state index contributed by atoms with van der Waals surface area (Å²) in [5.41, 5.74) is 5.59. The molecule has 0 aromatic rings. The van der Waals surface area contributed by atoms with Crippen LogP contribution in [0.15, 0.2) is 0 Å². The van der Waals surface area contributed by atoms with Crippen molar-refractivity contribution in [2.24, 2.45) is 11.7 Å². The first kappa shape index (κ1) is 7.56. The molecule has 1 aliphatic carbocycles. The molecule has 56 valence electrons. The lowest BCUT2D eigenvalue weighted by Crippen LogP contribution is -2.29. The van der Waals surface area contributed by atoms with Crippen molar-refractivity contribution in [1.82, 2.24) is 0 Å². The van der Waals surface area contributed by atoms with Gasteiger partial charge in [-0.05, 0) is 18.8 Å². The van der Waals surface area contributed by atoms with Crippen LogP contribution < -0.4 is 5.73 Å². The van der Waals surface area contributed by atoms with Crippen molar-refractivity contribution >= 4 is 0 Å². The summed E-state index contributed by atoms with van der Waals surface area (Å²) < 4.78 is 0. The minimum Gasteiger partial charge on any atom is -0.316 e. The smallest absolute Gasteiger partial charge is 0.0956 e. The predicted molar refractivity (Wildman–Crippen MR) is 40.2 cm³/mol. The Hall–Kier alpha value is -0.550. The molecule has 0 heterocycles. The zero-order chi connectivity index (χ0) is 7.40. The Morgan fingerprint density at radius 2 is 1.90 bits per heavy atom. The van der Waals surface area contributed by atoms with Crippen LogP contribution in [0.25, 0.3) is 0 Å². The van der Waals surface area contributed by atoms with Gasteiger partial charge < -0.3 is 5.73 Å². The van der Waals surface area contributed by atoms with Gasteiger partial charge in [0.15, 0.2) is 0 Å². The second-order valence-corrected chi connectivity index (χ2v) is 3.05. The van der Waals surface area contributed by atoms with E-state index in [2.05, 4.69) is 6.07 Å². The molecule has 1 saturated carbocycles. The molecule has 10 heavy (non-hydrogen) atoms. The van der Waals surface area contributed by atoms with E-state index in [1.54, 1.807) is 0 Å². The SMILES string of the molecule is N#C[C@H](N)C1CCCCC1. The van der Waals surface area contributed by atoms with E-state index < -0.39 is 0 Å². The molecule has 2 N–H and O–H groups in total. The molecule has 0 aliphatic heterocycles. The standard InChI is InChI=1S/C8H14N2/c9-6-8(10)7-4-2-1-3-5-7/h7-8H,1-5,10H2/t8-/m0/s1. The van der Waals surface area contributed by atoms with Crippen molar-refractivity contribution in [3.05, 3.63) is 0 Å². The number of nitrogens with zero attached hydrogens (tertiary/aromatic N) is 1. The van der Waals surface area contributed by atoms with E-state index in [9.17, 15) is 0 Å². The van der Waals surface area contributed by atoms with Gasteiger partial charge in [0, 0.05) is 0 Å². The van der Waals surface area contributed by atoms with Crippen molar-refractivity contribution in [1.29, 1.82) is 5.26 Å². The number of hydrogen-bond donors (Lipinski definition) is 1. The van der Waals surface area contributed by atoms with Crippen molar-refractivity contribution in [3.63, 3.8) is 0 Å². The first-order valence-electron chi connectivity index (χ1n) is 4.00. The minimum absolute atomic E-state index is 0.208. The van der Waals surface area contributed by atoms with Gasteiger partial charge in [0.2, 0.25) is 0 Å². The first-order chi connectivity index (χ1) is 4.84. The molecule has 0 unspecified atom stereocenters. The van der Waals surface area contributed by atoms with Crippen LogP contribution in [0.5, 0.6) is 0 Å². The van der Waals surface area contributed by atoms with Gasteiger partial charge in [-0.1, -0.05) is 19.3 Å². The van der Waals surface area contributed by atoms with E-state index in [1.807, 2.05) is 0 Å². The Kier molecular flexibility index (Phi) is 2.70. The van der Waals surface area contributed by atoms with Crippen LogP contribution in [-0.4, -0.2) is 6.04 Å². The molecule has 1 rings (SSSR count). The molecular formula is C8H14N2. The van der Waals surface area contributed by atoms with E-state index in [4.69, 9.17) is 11.0 Å². The zero-order valence-electron chi connectivity index (χ0n) is 6.21. The van der Waals surface area contributed by atoms with Gasteiger partial charge >= 0.3 is 0 Å². The van der Waals surface area contributed by atoms with E-state index in [1.165, 1.54) is 19.3 Å². The molecule has 1 fully saturated rings. The average molecular weight is 138 g/mol.